The molecular weight excluding hydrogens is 298 g/mol. The minimum absolute atomic E-state index is 0.0424. The fraction of sp³-hybridized carbons (Fsp3) is 0.385. The summed E-state index contributed by atoms with van der Waals surface area (Å²) in [7, 11) is 1.53. The number of alkyl halides is 1. The number of nitrogens with zero attached hydrogens (tertiary/aromatic N) is 1. The van der Waals surface area contributed by atoms with Gasteiger partial charge in [0.05, 0.1) is 31.8 Å². The summed E-state index contributed by atoms with van der Waals surface area (Å²) in [6.07, 6.45) is 0.0424. The number of carbonyl (C=O) groups is 1. The van der Waals surface area contributed by atoms with Crippen molar-refractivity contribution in [3.05, 3.63) is 28.8 Å². The van der Waals surface area contributed by atoms with Crippen molar-refractivity contribution in [1.82, 2.24) is 0 Å². The van der Waals surface area contributed by atoms with Crippen molar-refractivity contribution in [2.24, 2.45) is 0 Å². The summed E-state index contributed by atoms with van der Waals surface area (Å²) in [5, 5.41) is 9.67. The number of carbonyl (C=O) groups excluding carboxylic acids is 1. The lowest BCUT2D eigenvalue weighted by Gasteiger charge is -2.13. The summed E-state index contributed by atoms with van der Waals surface area (Å²) in [4.78, 5) is 11.5. The molecule has 0 saturated carbocycles. The Hall–Kier alpha value is -1.54. The van der Waals surface area contributed by atoms with Crippen LogP contribution >= 0.6 is 15.9 Å². The Bertz CT molecular complexity index is 480. The van der Waals surface area contributed by atoms with Gasteiger partial charge in [0.15, 0.2) is 0 Å². The molecule has 1 aromatic rings. The molecule has 0 aliphatic rings. The predicted molar refractivity (Wildman–Crippen MR) is 70.7 cm³/mol. The van der Waals surface area contributed by atoms with Crippen LogP contribution < -0.4 is 4.74 Å². The number of hydrogen-bond donors (Lipinski definition) is 0. The van der Waals surface area contributed by atoms with Crippen LogP contribution in [0.15, 0.2) is 12.1 Å². The Labute approximate surface area is 115 Å². The zero-order chi connectivity index (χ0) is 13.5. The van der Waals surface area contributed by atoms with Crippen LogP contribution in [0, 0.1) is 11.3 Å². The molecule has 0 fully saturated rings. The van der Waals surface area contributed by atoms with Gasteiger partial charge in [-0.25, -0.2) is 0 Å². The molecule has 4 nitrogen and oxygen atoms in total. The fourth-order valence-corrected chi connectivity index (χ4v) is 2.11. The molecule has 0 aromatic heterocycles. The number of halogens is 1. The molecule has 0 atom stereocenters. The van der Waals surface area contributed by atoms with Crippen molar-refractivity contribution >= 4 is 21.9 Å². The van der Waals surface area contributed by atoms with E-state index in [2.05, 4.69) is 22.0 Å². The van der Waals surface area contributed by atoms with Crippen LogP contribution in [-0.2, 0) is 21.3 Å². The van der Waals surface area contributed by atoms with Crippen LogP contribution in [0.1, 0.15) is 23.6 Å². The zero-order valence-corrected chi connectivity index (χ0v) is 11.9. The van der Waals surface area contributed by atoms with Gasteiger partial charge in [0.1, 0.15) is 5.75 Å². The Balaban J connectivity index is 3.20. The van der Waals surface area contributed by atoms with E-state index in [1.165, 1.54) is 7.11 Å². The lowest BCUT2D eigenvalue weighted by molar-refractivity contribution is -0.142. The van der Waals surface area contributed by atoms with E-state index in [1.807, 2.05) is 0 Å². The molecule has 0 heterocycles. The molecule has 0 amide bonds. The largest absolute Gasteiger partial charge is 0.496 e. The van der Waals surface area contributed by atoms with Crippen LogP contribution in [0.4, 0.5) is 0 Å². The third-order valence-corrected chi connectivity index (χ3v) is 3.04. The van der Waals surface area contributed by atoms with Crippen molar-refractivity contribution in [3.63, 3.8) is 0 Å². The minimum Gasteiger partial charge on any atom is -0.496 e. The van der Waals surface area contributed by atoms with Crippen molar-refractivity contribution in [2.45, 2.75) is 18.7 Å². The van der Waals surface area contributed by atoms with E-state index < -0.39 is 0 Å². The van der Waals surface area contributed by atoms with Gasteiger partial charge < -0.3 is 9.47 Å². The van der Waals surface area contributed by atoms with Gasteiger partial charge in [-0.15, -0.1) is 0 Å². The van der Waals surface area contributed by atoms with E-state index in [-0.39, 0.29) is 12.4 Å². The summed E-state index contributed by atoms with van der Waals surface area (Å²) in [6.45, 7) is 2.07. The first-order valence-corrected chi connectivity index (χ1v) is 6.60. The molecule has 0 bridgehead atoms. The number of nitriles is 1. The molecule has 0 aliphatic carbocycles. The molecule has 0 unspecified atom stereocenters. The first-order chi connectivity index (χ1) is 8.67. The maximum atomic E-state index is 11.5. The second-order valence-electron chi connectivity index (χ2n) is 3.51. The zero-order valence-electron chi connectivity index (χ0n) is 10.3. The van der Waals surface area contributed by atoms with Gasteiger partial charge in [-0.3, -0.25) is 4.79 Å². The predicted octanol–water partition coefficient (Wildman–Crippen LogP) is 2.57. The van der Waals surface area contributed by atoms with Gasteiger partial charge in [0, 0.05) is 16.5 Å². The third-order valence-electron chi connectivity index (χ3n) is 2.44. The fourth-order valence-electron chi connectivity index (χ4n) is 1.67. The second-order valence-corrected chi connectivity index (χ2v) is 4.07. The first-order valence-electron chi connectivity index (χ1n) is 5.48. The molecule has 5 heteroatoms. The van der Waals surface area contributed by atoms with Gasteiger partial charge in [-0.2, -0.15) is 5.26 Å². The second kappa shape index (κ2) is 7.02. The van der Waals surface area contributed by atoms with E-state index >= 15 is 0 Å². The van der Waals surface area contributed by atoms with Gasteiger partial charge >= 0.3 is 5.97 Å². The standard InChI is InChI=1S/C13H14BrNO3/c1-3-18-12(16)6-11-10(8-15)5-4-9(7-14)13(11)17-2/h4-5H,3,6-7H2,1-2H3. The number of esters is 1. The van der Waals surface area contributed by atoms with Crippen LogP contribution in [0.3, 0.4) is 0 Å². The highest BCUT2D eigenvalue weighted by Gasteiger charge is 2.17. The normalized spacial score (nSPS) is 9.67. The maximum absolute atomic E-state index is 11.5. The highest BCUT2D eigenvalue weighted by atomic mass is 79.9. The van der Waals surface area contributed by atoms with Crippen molar-refractivity contribution in [3.8, 4) is 11.8 Å². The lowest BCUT2D eigenvalue weighted by Crippen LogP contribution is -2.10. The topological polar surface area (TPSA) is 59.3 Å². The Kier molecular flexibility index (Phi) is 5.66. The van der Waals surface area contributed by atoms with E-state index in [9.17, 15) is 4.79 Å². The molecule has 1 rings (SSSR count). The molecule has 0 saturated heterocycles. The SMILES string of the molecule is CCOC(=O)Cc1c(C#N)ccc(CBr)c1OC. The molecule has 0 radical (unpaired) electrons. The van der Waals surface area contributed by atoms with Crippen LogP contribution in [0.5, 0.6) is 5.75 Å². The molecule has 18 heavy (non-hydrogen) atoms. The Morgan fingerprint density at radius 1 is 1.50 bits per heavy atom. The highest BCUT2D eigenvalue weighted by Crippen LogP contribution is 2.29. The minimum atomic E-state index is -0.362. The molecule has 0 N–H and O–H groups in total. The van der Waals surface area contributed by atoms with Gasteiger partial charge in [0.25, 0.3) is 0 Å². The monoisotopic (exact) mass is 311 g/mol. The smallest absolute Gasteiger partial charge is 0.310 e. The molecule has 0 spiro atoms. The van der Waals surface area contributed by atoms with Crippen LogP contribution in [-0.4, -0.2) is 19.7 Å². The third kappa shape index (κ3) is 3.23. The number of ether oxygens (including phenoxy) is 2. The average Bonchev–Trinajstić information content (AvgIpc) is 2.38. The lowest BCUT2D eigenvalue weighted by atomic mass is 10.0. The van der Waals surface area contributed by atoms with Crippen molar-refractivity contribution < 1.29 is 14.3 Å². The first kappa shape index (κ1) is 14.5. The van der Waals surface area contributed by atoms with Crippen LogP contribution in [0.25, 0.3) is 0 Å². The van der Waals surface area contributed by atoms with Crippen molar-refractivity contribution in [2.75, 3.05) is 13.7 Å². The van der Waals surface area contributed by atoms with E-state index in [0.29, 0.717) is 28.8 Å². The average molecular weight is 312 g/mol. The summed E-state index contributed by atoms with van der Waals surface area (Å²) >= 11 is 3.35. The van der Waals surface area contributed by atoms with E-state index in [1.54, 1.807) is 19.1 Å². The summed E-state index contributed by atoms with van der Waals surface area (Å²) in [5.74, 6) is 0.206. The van der Waals surface area contributed by atoms with Gasteiger partial charge in [-0.05, 0) is 13.0 Å². The number of methoxy groups -OCH3 is 1. The van der Waals surface area contributed by atoms with E-state index in [4.69, 9.17) is 14.7 Å². The number of benzene rings is 1. The summed E-state index contributed by atoms with van der Waals surface area (Å²) < 4.78 is 10.2. The molecular formula is C13H14BrNO3. The van der Waals surface area contributed by atoms with E-state index in [0.717, 1.165) is 5.56 Å². The Morgan fingerprint density at radius 2 is 2.22 bits per heavy atom. The van der Waals surface area contributed by atoms with Crippen LogP contribution in [0.2, 0.25) is 0 Å². The maximum Gasteiger partial charge on any atom is 0.310 e. The Morgan fingerprint density at radius 3 is 2.72 bits per heavy atom. The molecule has 1 aromatic carbocycles. The summed E-state index contributed by atoms with van der Waals surface area (Å²) in [5.41, 5.74) is 1.91. The van der Waals surface area contributed by atoms with Gasteiger partial charge in [-0.1, -0.05) is 22.0 Å². The quantitative estimate of drug-likeness (QED) is 0.619. The summed E-state index contributed by atoms with van der Waals surface area (Å²) in [6, 6.07) is 5.56. The highest BCUT2D eigenvalue weighted by molar-refractivity contribution is 9.08. The van der Waals surface area contributed by atoms with Crippen molar-refractivity contribution in [1.29, 1.82) is 5.26 Å². The number of hydrogen-bond acceptors (Lipinski definition) is 4. The van der Waals surface area contributed by atoms with Gasteiger partial charge in [0.2, 0.25) is 0 Å². The molecule has 0 aliphatic heterocycles. The molecule has 96 valence electrons. The number of rotatable bonds is 5.